The van der Waals surface area contributed by atoms with Crippen molar-refractivity contribution in [3.05, 3.63) is 41.3 Å². The van der Waals surface area contributed by atoms with Crippen LogP contribution < -0.4 is 5.32 Å². The molecule has 30 heavy (non-hydrogen) atoms. The zero-order valence-electron chi connectivity index (χ0n) is 16.4. The fourth-order valence-electron chi connectivity index (χ4n) is 2.90. The van der Waals surface area contributed by atoms with Crippen LogP contribution in [0.2, 0.25) is 0 Å². The van der Waals surface area contributed by atoms with E-state index in [1.807, 2.05) is 0 Å². The van der Waals surface area contributed by atoms with Crippen LogP contribution in [0.4, 0.5) is 4.79 Å². The summed E-state index contributed by atoms with van der Waals surface area (Å²) in [5.74, 6) is -2.03. The molecule has 0 saturated carbocycles. The number of carbonyl (C=O) groups is 3. The van der Waals surface area contributed by atoms with Crippen molar-refractivity contribution in [2.45, 2.75) is 42.8 Å². The smallest absolute Gasteiger partial charge is 0.408 e. The van der Waals surface area contributed by atoms with E-state index >= 15 is 0 Å². The number of allylic oxidation sites excluding steroid dienone is 1. The molecule has 160 valence electrons. The summed E-state index contributed by atoms with van der Waals surface area (Å²) in [6.07, 6.45) is 5.26. The Kier molecular flexibility index (Phi) is 6.27. The van der Waals surface area contributed by atoms with Crippen molar-refractivity contribution in [2.75, 3.05) is 5.75 Å². The van der Waals surface area contributed by atoms with Gasteiger partial charge in [-0.25, -0.2) is 14.6 Å². The number of nitrogens with one attached hydrogen (secondary N) is 1. The zero-order valence-corrected chi connectivity index (χ0v) is 18.0. The molecule has 0 aliphatic carbocycles. The molecule has 0 radical (unpaired) electrons. The summed E-state index contributed by atoms with van der Waals surface area (Å²) in [5.41, 5.74) is -0.770. The van der Waals surface area contributed by atoms with Gasteiger partial charge < -0.3 is 15.2 Å². The first-order valence-electron chi connectivity index (χ1n) is 8.84. The monoisotopic (exact) mass is 452 g/mol. The fourth-order valence-corrected chi connectivity index (χ4v) is 5.16. The highest BCUT2D eigenvalue weighted by Gasteiger charge is 2.57. The Morgan fingerprint density at radius 2 is 2.13 bits per heavy atom. The third kappa shape index (κ3) is 4.70. The number of aromatic nitrogens is 2. The second kappa shape index (κ2) is 8.56. The van der Waals surface area contributed by atoms with Gasteiger partial charge in [0.05, 0.1) is 22.7 Å². The van der Waals surface area contributed by atoms with Gasteiger partial charge in [0, 0.05) is 12.4 Å². The van der Waals surface area contributed by atoms with E-state index in [2.05, 4.69) is 15.3 Å². The van der Waals surface area contributed by atoms with E-state index in [1.54, 1.807) is 32.4 Å². The lowest BCUT2D eigenvalue weighted by Crippen LogP contribution is -2.73. The Morgan fingerprint density at radius 1 is 1.40 bits per heavy atom. The molecular weight excluding hydrogens is 432 g/mol. The Hall–Kier alpha value is -2.73. The molecule has 3 atom stereocenters. The Bertz CT molecular complexity index is 957. The highest BCUT2D eigenvalue weighted by Crippen LogP contribution is 2.35. The van der Waals surface area contributed by atoms with Crippen molar-refractivity contribution in [3.8, 4) is 0 Å². The standard InChI is InChI=1S/C18H20N4O6S2/c1-18(2,3)28-17(26)21-12-14(23)22-13(16(24)25)10(9-30(27)15(12)22)4-7-29-11-8-19-5-6-20-11/h4-8,12,15H,9H2,1-3H3,(H,21,26)(H,24,25)/t12?,15-,30?/m0/s1. The van der Waals surface area contributed by atoms with Crippen LogP contribution in [0, 0.1) is 0 Å². The molecule has 2 N–H and O–H groups in total. The quantitative estimate of drug-likeness (QED) is 0.499. The van der Waals surface area contributed by atoms with E-state index in [1.165, 1.54) is 30.2 Å². The highest BCUT2D eigenvalue weighted by atomic mass is 32.2. The Labute approximate surface area is 179 Å². The largest absolute Gasteiger partial charge is 0.477 e. The van der Waals surface area contributed by atoms with Crippen LogP contribution in [-0.2, 0) is 25.1 Å². The lowest BCUT2D eigenvalue weighted by Gasteiger charge is -2.48. The second-order valence-electron chi connectivity index (χ2n) is 7.39. The lowest BCUT2D eigenvalue weighted by molar-refractivity contribution is -0.149. The van der Waals surface area contributed by atoms with E-state index in [-0.39, 0.29) is 17.0 Å². The van der Waals surface area contributed by atoms with Crippen molar-refractivity contribution >= 4 is 40.5 Å². The molecule has 2 amide bonds. The molecular formula is C18H20N4O6S2. The van der Waals surface area contributed by atoms with Crippen LogP contribution in [-0.4, -0.2) is 64.9 Å². The number of amides is 2. The minimum atomic E-state index is -1.61. The molecule has 0 spiro atoms. The summed E-state index contributed by atoms with van der Waals surface area (Å²) in [5, 5.41) is 13.3. The van der Waals surface area contributed by atoms with Crippen molar-refractivity contribution in [2.24, 2.45) is 0 Å². The SMILES string of the molecule is CC(C)(C)OC(=O)NC1C(=O)N2C(C(=O)O)=C(C=CSc3cnccn3)CS(=O)[C@@H]12. The average Bonchev–Trinajstić information content (AvgIpc) is 2.65. The maximum Gasteiger partial charge on any atom is 0.408 e. The van der Waals surface area contributed by atoms with Gasteiger partial charge in [0.15, 0.2) is 0 Å². The van der Waals surface area contributed by atoms with Gasteiger partial charge in [-0.3, -0.25) is 18.9 Å². The number of aliphatic carboxylic acids is 1. The van der Waals surface area contributed by atoms with E-state index in [0.29, 0.717) is 5.03 Å². The summed E-state index contributed by atoms with van der Waals surface area (Å²) in [7, 11) is -1.61. The molecule has 12 heteroatoms. The first kappa shape index (κ1) is 22.0. The van der Waals surface area contributed by atoms with Crippen LogP contribution in [0.15, 0.2) is 46.4 Å². The van der Waals surface area contributed by atoms with Gasteiger partial charge in [-0.15, -0.1) is 0 Å². The van der Waals surface area contributed by atoms with Crippen molar-refractivity contribution in [1.82, 2.24) is 20.2 Å². The minimum absolute atomic E-state index is 0.0693. The maximum atomic E-state index is 12.7. The van der Waals surface area contributed by atoms with Gasteiger partial charge in [0.2, 0.25) is 0 Å². The number of ether oxygens (including phenoxy) is 1. The lowest BCUT2D eigenvalue weighted by atomic mass is 10.0. The van der Waals surface area contributed by atoms with E-state index in [0.717, 1.165) is 4.90 Å². The average molecular weight is 453 g/mol. The van der Waals surface area contributed by atoms with Gasteiger partial charge in [-0.1, -0.05) is 11.8 Å². The van der Waals surface area contributed by atoms with Gasteiger partial charge >= 0.3 is 12.1 Å². The van der Waals surface area contributed by atoms with Crippen molar-refractivity contribution in [1.29, 1.82) is 0 Å². The number of hydrogen-bond donors (Lipinski definition) is 2. The van der Waals surface area contributed by atoms with Gasteiger partial charge in [0.1, 0.15) is 27.7 Å². The normalized spacial score (nSPS) is 23.8. The van der Waals surface area contributed by atoms with Crippen molar-refractivity contribution in [3.63, 3.8) is 0 Å². The number of fused-ring (bicyclic) bond motifs is 1. The first-order valence-corrected chi connectivity index (χ1v) is 11.1. The van der Waals surface area contributed by atoms with Crippen LogP contribution in [0.5, 0.6) is 0 Å². The third-order valence-electron chi connectivity index (χ3n) is 4.03. The minimum Gasteiger partial charge on any atom is -0.477 e. The predicted octanol–water partition coefficient (Wildman–Crippen LogP) is 1.24. The number of nitrogens with zero attached hydrogens (tertiary/aromatic N) is 3. The number of carboxylic acid groups (broad SMARTS) is 1. The van der Waals surface area contributed by atoms with E-state index in [9.17, 15) is 23.7 Å². The molecule has 1 fully saturated rings. The van der Waals surface area contributed by atoms with Crippen LogP contribution in [0.25, 0.3) is 0 Å². The number of β-lactam (4-membered cyclic amide) rings is 1. The summed E-state index contributed by atoms with van der Waals surface area (Å²) in [6.45, 7) is 5.01. The van der Waals surface area contributed by atoms with Crippen molar-refractivity contribution < 1.29 is 28.4 Å². The van der Waals surface area contributed by atoms with Gasteiger partial charge in [-0.05, 0) is 37.8 Å². The number of alkyl carbamates (subject to hydrolysis) is 1. The van der Waals surface area contributed by atoms with E-state index in [4.69, 9.17) is 4.74 Å². The Balaban J connectivity index is 1.78. The molecule has 2 aliphatic rings. The second-order valence-corrected chi connectivity index (χ2v) is 9.85. The molecule has 2 unspecified atom stereocenters. The zero-order chi connectivity index (χ0) is 22.1. The molecule has 0 bridgehead atoms. The molecule has 1 aromatic rings. The molecule has 1 aromatic heterocycles. The highest BCUT2D eigenvalue weighted by molar-refractivity contribution is 8.02. The molecule has 2 aliphatic heterocycles. The van der Waals surface area contributed by atoms with Crippen LogP contribution in [0.3, 0.4) is 0 Å². The Morgan fingerprint density at radius 3 is 2.73 bits per heavy atom. The van der Waals surface area contributed by atoms with Gasteiger partial charge in [-0.2, -0.15) is 0 Å². The molecule has 0 aromatic carbocycles. The third-order valence-corrected chi connectivity index (χ3v) is 6.37. The van der Waals surface area contributed by atoms with Crippen LogP contribution >= 0.6 is 11.8 Å². The van der Waals surface area contributed by atoms with E-state index < -0.39 is 45.8 Å². The summed E-state index contributed by atoms with van der Waals surface area (Å²) < 4.78 is 17.9. The molecule has 3 rings (SSSR count). The van der Waals surface area contributed by atoms with Gasteiger partial charge in [0.25, 0.3) is 5.91 Å². The summed E-state index contributed by atoms with van der Waals surface area (Å²) in [4.78, 5) is 45.4. The molecule has 1 saturated heterocycles. The molecule has 3 heterocycles. The number of hydrogen-bond acceptors (Lipinski definition) is 8. The molecule has 10 nitrogen and oxygen atoms in total. The fraction of sp³-hybridized carbons (Fsp3) is 0.389. The maximum absolute atomic E-state index is 12.7. The number of carboxylic acids is 1. The predicted molar refractivity (Wildman–Crippen MR) is 108 cm³/mol. The van der Waals surface area contributed by atoms with Crippen LogP contribution in [0.1, 0.15) is 20.8 Å². The number of thioether (sulfide) groups is 1. The number of carbonyl (C=O) groups excluding carboxylic acids is 2. The summed E-state index contributed by atoms with van der Waals surface area (Å²) >= 11 is 1.21. The topological polar surface area (TPSA) is 139 Å². The summed E-state index contributed by atoms with van der Waals surface area (Å²) in [6, 6.07) is -1.10. The first-order chi connectivity index (χ1) is 14.1. The number of rotatable bonds is 5.